The van der Waals surface area contributed by atoms with Gasteiger partial charge in [-0.3, -0.25) is 23.2 Å². The third-order valence-electron chi connectivity index (χ3n) is 13.7. The fourth-order valence-corrected chi connectivity index (χ4v) is 10.6. The molecule has 0 aliphatic carbocycles. The van der Waals surface area contributed by atoms with Gasteiger partial charge < -0.3 is 34.6 Å². The number of ether oxygens (including phenoxy) is 2. The van der Waals surface area contributed by atoms with E-state index in [-0.39, 0.29) is 40.9 Å². The zero-order valence-electron chi connectivity index (χ0n) is 47.7. The van der Waals surface area contributed by atoms with Gasteiger partial charge in [0.15, 0.2) is 0 Å². The molecule has 9 rings (SSSR count). The zero-order chi connectivity index (χ0) is 56.0. The maximum Gasteiger partial charge on any atom is 0.410 e. The van der Waals surface area contributed by atoms with Crippen LogP contribution in [0.3, 0.4) is 0 Å². The second-order valence-electron chi connectivity index (χ2n) is 24.8. The summed E-state index contributed by atoms with van der Waals surface area (Å²) < 4.78 is 41.2. The Labute approximate surface area is 450 Å². The lowest BCUT2D eigenvalue weighted by molar-refractivity contribution is 0.0266. The molecule has 5 aromatic rings. The quantitative estimate of drug-likeness (QED) is 0.141. The number of likely N-dealkylation sites (tertiary alicyclic amines) is 3. The first-order chi connectivity index (χ1) is 35.3. The molecule has 4 aliphatic heterocycles. The highest BCUT2D eigenvalue weighted by atomic mass is 32.2. The van der Waals surface area contributed by atoms with Crippen LogP contribution >= 0.6 is 0 Å². The standard InChI is InChI=1S/C21H30N4O3.C14H23N.C12H15N3O.C10H19NO5S/c1-21(2,3)28-20(27)24-13-10-16(14-24)23-11-8-15(9-12-23)25-18-7-5-4-6-17(18)22-19(25)26;1-10-8-11(13(2,3)4)15-12(9-10)14(5,6)7;16-12-14-10-3-1-2-4-11(10)15(12)9-5-7-13-8-6-9;1-10(2,3)15-9(12)11-6-5-8(7-11)16-17(4,13)14/h4-7,15-16H,8-14H2,1-3H3,(H,22,26);8-9H,1-7H3;1-4,9,13H,5-8H2,(H,14,16);8H,5-7H2,1-4H3/t16-;;;8-/m0..1/s1. The van der Waals surface area contributed by atoms with E-state index in [1.165, 1.54) is 21.9 Å². The molecule has 2 aromatic carbocycles. The number of hydrogen-bond acceptors (Lipinski definition) is 12. The van der Waals surface area contributed by atoms with Gasteiger partial charge in [0.25, 0.3) is 10.1 Å². The molecule has 0 bridgehead atoms. The summed E-state index contributed by atoms with van der Waals surface area (Å²) >= 11 is 0. The van der Waals surface area contributed by atoms with Crippen molar-refractivity contribution in [3.8, 4) is 0 Å². The van der Waals surface area contributed by atoms with Crippen LogP contribution in [0.15, 0.2) is 70.3 Å². The Balaban J connectivity index is 0.000000171. The van der Waals surface area contributed by atoms with Crippen molar-refractivity contribution in [1.82, 2.24) is 44.1 Å². The van der Waals surface area contributed by atoms with E-state index in [2.05, 4.69) is 80.8 Å². The molecule has 2 atom stereocenters. The van der Waals surface area contributed by atoms with Gasteiger partial charge in [-0.25, -0.2) is 19.2 Å². The molecule has 0 spiro atoms. The van der Waals surface area contributed by atoms with Crippen molar-refractivity contribution in [1.29, 1.82) is 0 Å². The number of hydrogen-bond donors (Lipinski definition) is 3. The number of nitrogens with zero attached hydrogens (tertiary/aromatic N) is 6. The summed E-state index contributed by atoms with van der Waals surface area (Å²) in [6.07, 6.45) is 5.34. The van der Waals surface area contributed by atoms with Crippen LogP contribution in [0.2, 0.25) is 0 Å². The van der Waals surface area contributed by atoms with Crippen LogP contribution in [0.25, 0.3) is 22.1 Å². The second kappa shape index (κ2) is 24.4. The highest BCUT2D eigenvalue weighted by molar-refractivity contribution is 7.86. The number of H-pyrrole nitrogens is 2. The Bertz CT molecular complexity index is 2940. The molecule has 0 saturated carbocycles. The van der Waals surface area contributed by atoms with E-state index in [4.69, 9.17) is 18.6 Å². The number of rotatable bonds is 5. The van der Waals surface area contributed by atoms with Gasteiger partial charge in [-0.1, -0.05) is 65.8 Å². The van der Waals surface area contributed by atoms with E-state index in [0.717, 1.165) is 99.7 Å². The van der Waals surface area contributed by atoms with Crippen molar-refractivity contribution in [2.75, 3.05) is 58.6 Å². The summed E-state index contributed by atoms with van der Waals surface area (Å²) in [4.78, 5) is 64.8. The molecule has 420 valence electrons. The summed E-state index contributed by atoms with van der Waals surface area (Å²) in [5.74, 6) is 0. The number of aryl methyl sites for hydroxylation is 1. The Hall–Kier alpha value is -5.50. The SMILES string of the molecule is CC(C)(C)OC(=O)N1CC[C@@H](OS(C)(=O)=O)C1.CC(C)(C)OC(=O)N1CC[C@H](N2CCC(n3c(=O)[nH]c4ccccc43)CC2)C1.Cc1cc(C(C)(C)C)nc(C(C)(C)C)c1.O=c1[nH]c2ccccc2n1C1CCNCC1. The Morgan fingerprint density at radius 2 is 1.01 bits per heavy atom. The number of fused-ring (bicyclic) bond motifs is 2. The van der Waals surface area contributed by atoms with Crippen molar-refractivity contribution in [3.63, 3.8) is 0 Å². The van der Waals surface area contributed by atoms with Crippen molar-refractivity contribution < 1.29 is 31.7 Å². The summed E-state index contributed by atoms with van der Waals surface area (Å²) in [6.45, 7) is 32.5. The number of amides is 2. The van der Waals surface area contributed by atoms with Gasteiger partial charge >= 0.3 is 23.6 Å². The molecule has 3 aromatic heterocycles. The lowest BCUT2D eigenvalue weighted by Crippen LogP contribution is -2.45. The second-order valence-corrected chi connectivity index (χ2v) is 26.4. The van der Waals surface area contributed by atoms with E-state index < -0.39 is 33.5 Å². The molecule has 4 aliphatic rings. The average molecular weight is 1070 g/mol. The minimum absolute atomic E-state index is 0.0170. The lowest BCUT2D eigenvalue weighted by atomic mass is 9.87. The first-order valence-corrected chi connectivity index (χ1v) is 28.8. The summed E-state index contributed by atoms with van der Waals surface area (Å²) in [6, 6.07) is 21.1. The van der Waals surface area contributed by atoms with Crippen molar-refractivity contribution in [3.05, 3.63) is 98.6 Å². The molecule has 76 heavy (non-hydrogen) atoms. The summed E-state index contributed by atoms with van der Waals surface area (Å²) in [7, 11) is -3.47. The first kappa shape index (κ1) is 59.7. The molecule has 7 heterocycles. The van der Waals surface area contributed by atoms with Crippen molar-refractivity contribution in [2.45, 2.75) is 175 Å². The van der Waals surface area contributed by atoms with Gasteiger partial charge in [0.1, 0.15) is 11.2 Å². The molecule has 19 heteroatoms. The van der Waals surface area contributed by atoms with Gasteiger partial charge in [-0.2, -0.15) is 8.42 Å². The van der Waals surface area contributed by atoms with Crippen LogP contribution in [-0.4, -0.2) is 141 Å². The molecule has 4 fully saturated rings. The van der Waals surface area contributed by atoms with Gasteiger partial charge in [0, 0.05) is 73.1 Å². The number of carbonyl (C=O) groups excluding carboxylic acids is 2. The number of aromatic amines is 2. The fourth-order valence-electron chi connectivity index (χ4n) is 9.96. The smallest absolute Gasteiger partial charge is 0.410 e. The molecule has 18 nitrogen and oxygen atoms in total. The Morgan fingerprint density at radius 3 is 1.46 bits per heavy atom. The maximum absolute atomic E-state index is 12.4. The predicted octanol–water partition coefficient (Wildman–Crippen LogP) is 9.19. The minimum Gasteiger partial charge on any atom is -0.444 e. The van der Waals surface area contributed by atoms with Gasteiger partial charge in [-0.15, -0.1) is 0 Å². The summed E-state index contributed by atoms with van der Waals surface area (Å²) in [5.41, 5.74) is 6.79. The normalized spacial score (nSPS) is 19.3. The highest BCUT2D eigenvalue weighted by Crippen LogP contribution is 2.30. The summed E-state index contributed by atoms with van der Waals surface area (Å²) in [5, 5.41) is 3.32. The molecule has 0 radical (unpaired) electrons. The van der Waals surface area contributed by atoms with Crippen molar-refractivity contribution in [2.24, 2.45) is 0 Å². The average Bonchev–Trinajstić information content (AvgIpc) is 4.13. The van der Waals surface area contributed by atoms with E-state index in [1.807, 2.05) is 83.3 Å². The zero-order valence-corrected chi connectivity index (χ0v) is 48.6. The topological polar surface area (TPSA) is 206 Å². The fraction of sp³-hybridized carbons (Fsp3) is 0.632. The number of nitrogens with one attached hydrogen (secondary N) is 3. The van der Waals surface area contributed by atoms with E-state index in [9.17, 15) is 27.6 Å². The molecule has 3 N–H and O–H groups in total. The van der Waals surface area contributed by atoms with Crippen molar-refractivity contribution >= 4 is 44.4 Å². The minimum atomic E-state index is -3.47. The Kier molecular flexibility index (Phi) is 19.2. The maximum atomic E-state index is 12.4. The number of piperidine rings is 2. The van der Waals surface area contributed by atoms with Crippen LogP contribution in [0.4, 0.5) is 9.59 Å². The van der Waals surface area contributed by atoms with Crippen LogP contribution in [-0.2, 0) is 34.6 Å². The highest BCUT2D eigenvalue weighted by Gasteiger charge is 2.36. The van der Waals surface area contributed by atoms with Gasteiger partial charge in [0.05, 0.1) is 41.0 Å². The third kappa shape index (κ3) is 17.0. The van der Waals surface area contributed by atoms with E-state index in [0.29, 0.717) is 25.0 Å². The number of benzene rings is 2. The molecule has 4 saturated heterocycles. The lowest BCUT2D eigenvalue weighted by Gasteiger charge is -2.36. The molecule has 0 unspecified atom stereocenters. The molecule has 2 amide bonds. The van der Waals surface area contributed by atoms with Gasteiger partial charge in [-0.05, 0) is 142 Å². The third-order valence-corrected chi connectivity index (χ3v) is 14.4. The number of pyridine rings is 1. The Morgan fingerprint density at radius 1 is 0.592 bits per heavy atom. The molecular formula is C57H87N9O9S. The monoisotopic (exact) mass is 1070 g/mol. The van der Waals surface area contributed by atoms with Gasteiger partial charge in [0.2, 0.25) is 0 Å². The van der Waals surface area contributed by atoms with E-state index in [1.54, 1.807) is 20.8 Å². The van der Waals surface area contributed by atoms with Crippen LogP contribution in [0.5, 0.6) is 0 Å². The van der Waals surface area contributed by atoms with Crippen LogP contribution in [0.1, 0.15) is 151 Å². The van der Waals surface area contributed by atoms with Crippen LogP contribution in [0, 0.1) is 6.92 Å². The number of carbonyl (C=O) groups is 2. The number of imidazole rings is 2. The van der Waals surface area contributed by atoms with Crippen LogP contribution < -0.4 is 16.7 Å². The predicted molar refractivity (Wildman–Crippen MR) is 301 cm³/mol. The molecular weight excluding hydrogens is 987 g/mol. The largest absolute Gasteiger partial charge is 0.444 e. The van der Waals surface area contributed by atoms with E-state index >= 15 is 0 Å². The number of para-hydroxylation sites is 4. The first-order valence-electron chi connectivity index (χ1n) is 27.0. The number of aromatic nitrogens is 5.